The van der Waals surface area contributed by atoms with Gasteiger partial charge in [-0.2, -0.15) is 4.98 Å². The number of nitrogens with two attached hydrogens (primary N) is 2. The van der Waals surface area contributed by atoms with Crippen LogP contribution in [0.3, 0.4) is 0 Å². The molecule has 1 saturated carbocycles. The summed E-state index contributed by atoms with van der Waals surface area (Å²) in [6.07, 6.45) is 5.67. The Bertz CT molecular complexity index is 1850. The van der Waals surface area contributed by atoms with E-state index in [-0.39, 0.29) is 23.5 Å². The average molecular weight is 596 g/mol. The van der Waals surface area contributed by atoms with E-state index in [1.807, 2.05) is 25.1 Å². The van der Waals surface area contributed by atoms with Gasteiger partial charge in [0, 0.05) is 41.4 Å². The molecule has 44 heavy (non-hydrogen) atoms. The molecule has 1 aliphatic carbocycles. The predicted molar refractivity (Wildman–Crippen MR) is 170 cm³/mol. The van der Waals surface area contributed by atoms with Crippen molar-refractivity contribution in [2.24, 2.45) is 5.92 Å². The van der Waals surface area contributed by atoms with Crippen LogP contribution >= 0.6 is 0 Å². The summed E-state index contributed by atoms with van der Waals surface area (Å²) < 4.78 is 18.7. The van der Waals surface area contributed by atoms with Crippen molar-refractivity contribution < 1.29 is 19.0 Å². The summed E-state index contributed by atoms with van der Waals surface area (Å²) in [4.78, 5) is 34.8. The van der Waals surface area contributed by atoms with Gasteiger partial charge in [0.25, 0.3) is 0 Å². The fourth-order valence-corrected chi connectivity index (χ4v) is 5.39. The number of nitrogen functional groups attached to an aromatic ring is 2. The Hall–Kier alpha value is -5.04. The van der Waals surface area contributed by atoms with Gasteiger partial charge in [0.15, 0.2) is 11.5 Å². The highest BCUT2D eigenvalue weighted by atomic mass is 16.5. The molecule has 0 spiro atoms. The molecule has 0 atom stereocenters. The maximum absolute atomic E-state index is 13.7. The van der Waals surface area contributed by atoms with Crippen LogP contribution in [-0.4, -0.2) is 41.3 Å². The first kappa shape index (κ1) is 30.4. The molecule has 5 rings (SSSR count). The zero-order valence-electron chi connectivity index (χ0n) is 25.5. The monoisotopic (exact) mass is 595 g/mol. The summed E-state index contributed by atoms with van der Waals surface area (Å²) in [5, 5.41) is 0.476. The standard InChI is InChI=1S/C34H37N5O5/c1-5-7-26-29(33(41)44-6-2)30(40)25-13-11-20(16-27(25)39(26)19-21-8-9-21)10-12-23-14-22(17-28(42-3)31(23)43-4)15-24-18-37-34(36)38-32(24)35/h11,13-14,16-18,21H,5-9,15,19H2,1-4H3,(H4,35,36,37,38). The first-order chi connectivity index (χ1) is 21.3. The normalized spacial score (nSPS) is 12.5. The van der Waals surface area contributed by atoms with Gasteiger partial charge in [-0.3, -0.25) is 4.79 Å². The van der Waals surface area contributed by atoms with Gasteiger partial charge in [-0.15, -0.1) is 0 Å². The van der Waals surface area contributed by atoms with Crippen LogP contribution in [-0.2, 0) is 24.1 Å². The Morgan fingerprint density at radius 1 is 1.09 bits per heavy atom. The third kappa shape index (κ3) is 6.32. The number of benzene rings is 2. The molecule has 4 N–H and O–H groups in total. The molecule has 2 aromatic carbocycles. The van der Waals surface area contributed by atoms with Crippen molar-refractivity contribution in [3.8, 4) is 23.3 Å². The van der Waals surface area contributed by atoms with E-state index in [9.17, 15) is 9.59 Å². The molecule has 228 valence electrons. The second-order valence-corrected chi connectivity index (χ2v) is 10.9. The minimum Gasteiger partial charge on any atom is -0.493 e. The van der Waals surface area contributed by atoms with Gasteiger partial charge in [0.1, 0.15) is 11.4 Å². The number of pyridine rings is 1. The lowest BCUT2D eigenvalue weighted by atomic mass is 10.0. The number of methoxy groups -OCH3 is 2. The molecule has 0 amide bonds. The lowest BCUT2D eigenvalue weighted by Crippen LogP contribution is -2.26. The fraction of sp³-hybridized carbons (Fsp3) is 0.353. The summed E-state index contributed by atoms with van der Waals surface area (Å²) >= 11 is 0. The lowest BCUT2D eigenvalue weighted by Gasteiger charge is -2.20. The summed E-state index contributed by atoms with van der Waals surface area (Å²) in [6.45, 7) is 4.72. The van der Waals surface area contributed by atoms with E-state index in [0.717, 1.165) is 53.7 Å². The quantitative estimate of drug-likeness (QED) is 0.200. The summed E-state index contributed by atoms with van der Waals surface area (Å²) in [5.74, 6) is 7.89. The molecule has 10 heteroatoms. The Kier molecular flexibility index (Phi) is 9.04. The second kappa shape index (κ2) is 13.1. The van der Waals surface area contributed by atoms with Crippen molar-refractivity contribution in [3.63, 3.8) is 0 Å². The molecular formula is C34H37N5O5. The number of carbonyl (C=O) groups excluding carboxylic acids is 1. The van der Waals surface area contributed by atoms with E-state index in [1.165, 1.54) is 0 Å². The van der Waals surface area contributed by atoms with Gasteiger partial charge in [0.05, 0.1) is 31.9 Å². The number of hydrogen-bond acceptors (Lipinski definition) is 9. The third-order valence-electron chi connectivity index (χ3n) is 7.67. The van der Waals surface area contributed by atoms with Gasteiger partial charge in [-0.05, 0) is 68.0 Å². The summed E-state index contributed by atoms with van der Waals surface area (Å²) in [7, 11) is 3.14. The number of nitrogens with zero attached hydrogens (tertiary/aromatic N) is 3. The van der Waals surface area contributed by atoms with Crippen molar-refractivity contribution >= 4 is 28.6 Å². The Labute approximate surface area is 256 Å². The number of hydrogen-bond donors (Lipinski definition) is 2. The molecule has 0 saturated heterocycles. The Balaban J connectivity index is 1.62. The molecule has 0 aliphatic heterocycles. The molecule has 0 radical (unpaired) electrons. The predicted octanol–water partition coefficient (Wildman–Crippen LogP) is 4.50. The molecule has 1 aliphatic rings. The van der Waals surface area contributed by atoms with E-state index in [1.54, 1.807) is 39.5 Å². The van der Waals surface area contributed by atoms with Crippen LogP contribution in [0.25, 0.3) is 10.9 Å². The zero-order chi connectivity index (χ0) is 31.4. The van der Waals surface area contributed by atoms with E-state index in [2.05, 4.69) is 26.4 Å². The van der Waals surface area contributed by atoms with Crippen molar-refractivity contribution in [2.45, 2.75) is 52.5 Å². The van der Waals surface area contributed by atoms with Gasteiger partial charge in [-0.1, -0.05) is 25.2 Å². The van der Waals surface area contributed by atoms with Crippen LogP contribution in [0, 0.1) is 17.8 Å². The molecule has 2 aromatic heterocycles. The number of esters is 1. The molecular weight excluding hydrogens is 558 g/mol. The minimum atomic E-state index is -0.565. The van der Waals surface area contributed by atoms with Crippen LogP contribution in [0.5, 0.6) is 11.5 Å². The van der Waals surface area contributed by atoms with Crippen molar-refractivity contribution in [2.75, 3.05) is 32.3 Å². The van der Waals surface area contributed by atoms with E-state index >= 15 is 0 Å². The number of fused-ring (bicyclic) bond motifs is 1. The molecule has 2 heterocycles. The second-order valence-electron chi connectivity index (χ2n) is 10.9. The van der Waals surface area contributed by atoms with Gasteiger partial charge < -0.3 is 30.2 Å². The third-order valence-corrected chi connectivity index (χ3v) is 7.67. The molecule has 1 fully saturated rings. The van der Waals surface area contributed by atoms with Crippen molar-refractivity contribution in [3.05, 3.63) is 80.3 Å². The SMILES string of the molecule is CCCc1c(C(=O)OCC)c(=O)c2ccc(C#Cc3cc(Cc4cnc(N)nc4N)cc(OC)c3OC)cc2n1CC1CC1. The van der Waals surface area contributed by atoms with E-state index < -0.39 is 5.97 Å². The van der Waals surface area contributed by atoms with Crippen LogP contribution in [0.15, 0.2) is 41.3 Å². The molecule has 10 nitrogen and oxygen atoms in total. The minimum absolute atomic E-state index is 0.113. The van der Waals surface area contributed by atoms with Gasteiger partial charge in [-0.25, -0.2) is 9.78 Å². The van der Waals surface area contributed by atoms with Gasteiger partial charge >= 0.3 is 5.97 Å². The number of anilines is 2. The van der Waals surface area contributed by atoms with Crippen molar-refractivity contribution in [1.29, 1.82) is 0 Å². The lowest BCUT2D eigenvalue weighted by molar-refractivity contribution is 0.0522. The highest BCUT2D eigenvalue weighted by Crippen LogP contribution is 2.34. The van der Waals surface area contributed by atoms with E-state index in [4.69, 9.17) is 25.7 Å². The van der Waals surface area contributed by atoms with Crippen LogP contribution in [0.4, 0.5) is 11.8 Å². The largest absolute Gasteiger partial charge is 0.493 e. The number of aromatic nitrogens is 3. The maximum Gasteiger partial charge on any atom is 0.343 e. The maximum atomic E-state index is 13.7. The van der Waals surface area contributed by atoms with Crippen LogP contribution < -0.4 is 26.4 Å². The highest BCUT2D eigenvalue weighted by molar-refractivity contribution is 5.95. The van der Waals surface area contributed by atoms with Crippen molar-refractivity contribution in [1.82, 2.24) is 14.5 Å². The number of carbonyl (C=O) groups is 1. The van der Waals surface area contributed by atoms with Gasteiger partial charge in [0.2, 0.25) is 11.4 Å². The van der Waals surface area contributed by atoms with Crippen LogP contribution in [0.2, 0.25) is 0 Å². The number of rotatable bonds is 10. The Morgan fingerprint density at radius 2 is 1.89 bits per heavy atom. The average Bonchev–Trinajstić information content (AvgIpc) is 3.83. The summed E-state index contributed by atoms with van der Waals surface area (Å²) in [6, 6.07) is 9.26. The van der Waals surface area contributed by atoms with E-state index in [0.29, 0.717) is 47.0 Å². The highest BCUT2D eigenvalue weighted by Gasteiger charge is 2.28. The molecule has 0 bridgehead atoms. The first-order valence-electron chi connectivity index (χ1n) is 14.8. The first-order valence-corrected chi connectivity index (χ1v) is 14.8. The zero-order valence-corrected chi connectivity index (χ0v) is 25.5. The smallest absolute Gasteiger partial charge is 0.343 e. The fourth-order valence-electron chi connectivity index (χ4n) is 5.39. The molecule has 0 unspecified atom stereocenters. The topological polar surface area (TPSA) is 145 Å². The Morgan fingerprint density at radius 3 is 2.55 bits per heavy atom. The molecule has 4 aromatic rings. The van der Waals surface area contributed by atoms with Crippen LogP contribution in [0.1, 0.15) is 71.4 Å². The summed E-state index contributed by atoms with van der Waals surface area (Å²) in [5.41, 5.74) is 16.0. The number of ether oxygens (including phenoxy) is 3.